The molecule has 0 saturated heterocycles. The quantitative estimate of drug-likeness (QED) is 0.498. The fourth-order valence-electron chi connectivity index (χ4n) is 1.72. The minimum atomic E-state index is -3.30. The molecule has 0 aliphatic carbocycles. The predicted octanol–water partition coefficient (Wildman–Crippen LogP) is -2.04. The van der Waals surface area contributed by atoms with Crippen LogP contribution in [0.5, 0.6) is 0 Å². The highest BCUT2D eigenvalue weighted by atomic mass is 35.5. The van der Waals surface area contributed by atoms with Gasteiger partial charge in [-0.25, -0.2) is 8.42 Å². The first-order chi connectivity index (χ1) is 9.33. The summed E-state index contributed by atoms with van der Waals surface area (Å²) in [6.45, 7) is 3.13. The maximum absolute atomic E-state index is 12.0. The Labute approximate surface area is 130 Å². The maximum atomic E-state index is 12.0. The SMILES string of the molecule is CN1[C+]N(CC(=O)c2ccc(NS(C)(=O)=O)cc2)C=C1.[Cl-]. The van der Waals surface area contributed by atoms with Gasteiger partial charge in [0, 0.05) is 11.3 Å². The normalized spacial score (nSPS) is 13.6. The Balaban J connectivity index is 0.00000220. The van der Waals surface area contributed by atoms with E-state index < -0.39 is 10.0 Å². The summed E-state index contributed by atoms with van der Waals surface area (Å²) < 4.78 is 24.5. The van der Waals surface area contributed by atoms with Gasteiger partial charge in [-0.3, -0.25) is 9.52 Å². The average molecular weight is 329 g/mol. The number of nitrogens with zero attached hydrogens (tertiary/aromatic N) is 2. The molecule has 1 aliphatic heterocycles. The topological polar surface area (TPSA) is 69.7 Å². The summed E-state index contributed by atoms with van der Waals surface area (Å²) in [4.78, 5) is 15.4. The zero-order chi connectivity index (χ0) is 14.8. The summed E-state index contributed by atoms with van der Waals surface area (Å²) in [5.74, 6) is -0.0663. The van der Waals surface area contributed by atoms with Gasteiger partial charge in [0.1, 0.15) is 6.54 Å². The lowest BCUT2D eigenvalue weighted by atomic mass is 10.1. The number of hydrogen-bond donors (Lipinski definition) is 1. The van der Waals surface area contributed by atoms with Crippen molar-refractivity contribution in [3.63, 3.8) is 0 Å². The number of anilines is 1. The first-order valence-corrected chi connectivity index (χ1v) is 7.78. The molecule has 0 saturated carbocycles. The lowest BCUT2D eigenvalue weighted by molar-refractivity contribution is -0.0000145. The smallest absolute Gasteiger partial charge is 0.564 e. The highest BCUT2D eigenvalue weighted by Crippen LogP contribution is 2.14. The van der Waals surface area contributed by atoms with Crippen molar-refractivity contribution in [1.29, 1.82) is 0 Å². The van der Waals surface area contributed by atoms with Gasteiger partial charge in [-0.2, -0.15) is 0 Å². The molecular formula is C13H15ClN3O3S. The first kappa shape index (κ1) is 17.2. The zero-order valence-corrected chi connectivity index (χ0v) is 13.1. The molecule has 0 atom stereocenters. The molecule has 0 bridgehead atoms. The Bertz CT molecular complexity index is 629. The van der Waals surface area contributed by atoms with E-state index in [1.165, 1.54) is 0 Å². The molecule has 1 N–H and O–H groups in total. The number of halogens is 1. The molecule has 0 amide bonds. The van der Waals surface area contributed by atoms with Crippen LogP contribution in [0.2, 0.25) is 0 Å². The van der Waals surface area contributed by atoms with E-state index in [1.807, 2.05) is 7.05 Å². The van der Waals surface area contributed by atoms with E-state index in [0.717, 1.165) is 6.26 Å². The van der Waals surface area contributed by atoms with E-state index in [9.17, 15) is 13.2 Å². The van der Waals surface area contributed by atoms with Crippen LogP contribution < -0.4 is 17.1 Å². The van der Waals surface area contributed by atoms with Crippen molar-refractivity contribution in [2.75, 3.05) is 24.6 Å². The molecule has 1 aliphatic rings. The second kappa shape index (κ2) is 6.73. The number of sulfonamides is 1. The second-order valence-electron chi connectivity index (χ2n) is 4.51. The van der Waals surface area contributed by atoms with Gasteiger partial charge < -0.3 is 12.4 Å². The van der Waals surface area contributed by atoms with Gasteiger partial charge in [0.15, 0.2) is 5.78 Å². The highest BCUT2D eigenvalue weighted by molar-refractivity contribution is 7.92. The van der Waals surface area contributed by atoms with Crippen LogP contribution >= 0.6 is 0 Å². The molecule has 2 rings (SSSR count). The third-order valence-corrected chi connectivity index (χ3v) is 3.19. The molecule has 1 aromatic carbocycles. The molecule has 21 heavy (non-hydrogen) atoms. The van der Waals surface area contributed by atoms with E-state index in [2.05, 4.69) is 11.4 Å². The fraction of sp³-hybridized carbons (Fsp3) is 0.231. The Morgan fingerprint density at radius 2 is 1.86 bits per heavy atom. The van der Waals surface area contributed by atoms with Gasteiger partial charge in [0.25, 0.3) is 0 Å². The summed E-state index contributed by atoms with van der Waals surface area (Å²) in [6.07, 6.45) is 4.64. The lowest BCUT2D eigenvalue weighted by Gasteiger charge is -2.06. The van der Waals surface area contributed by atoms with Crippen LogP contribution in [0, 0.1) is 6.67 Å². The van der Waals surface area contributed by atoms with Crippen LogP contribution in [-0.2, 0) is 10.0 Å². The Morgan fingerprint density at radius 3 is 2.33 bits per heavy atom. The van der Waals surface area contributed by atoms with Gasteiger partial charge in [-0.15, -0.1) is 9.80 Å². The number of benzene rings is 1. The molecule has 1 heterocycles. The molecular weight excluding hydrogens is 314 g/mol. The summed E-state index contributed by atoms with van der Waals surface area (Å²) >= 11 is 0. The number of Topliss-reactive ketones (excluding diaryl/α,β-unsaturated/α-hetero) is 1. The fourth-order valence-corrected chi connectivity index (χ4v) is 2.29. The van der Waals surface area contributed by atoms with Gasteiger partial charge in [0.2, 0.25) is 10.0 Å². The Hall–Kier alpha value is -1.86. The Kier molecular flexibility index (Phi) is 5.51. The minimum absolute atomic E-state index is 0. The first-order valence-electron chi connectivity index (χ1n) is 5.89. The van der Waals surface area contributed by atoms with Crippen molar-refractivity contribution in [2.45, 2.75) is 0 Å². The molecule has 6 nitrogen and oxygen atoms in total. The molecule has 8 heteroatoms. The maximum Gasteiger partial charge on any atom is 0.564 e. The van der Waals surface area contributed by atoms with Crippen LogP contribution in [-0.4, -0.2) is 43.8 Å². The largest absolute Gasteiger partial charge is 1.00 e. The van der Waals surface area contributed by atoms with Crippen LogP contribution in [0.15, 0.2) is 36.7 Å². The highest BCUT2D eigenvalue weighted by Gasteiger charge is 2.29. The number of carbonyl (C=O) groups is 1. The molecule has 0 fully saturated rings. The number of nitrogens with one attached hydrogen (secondary N) is 1. The lowest BCUT2D eigenvalue weighted by Crippen LogP contribution is -3.00. The van der Waals surface area contributed by atoms with Crippen molar-refractivity contribution >= 4 is 21.5 Å². The van der Waals surface area contributed by atoms with E-state index in [-0.39, 0.29) is 24.7 Å². The van der Waals surface area contributed by atoms with E-state index >= 15 is 0 Å². The van der Waals surface area contributed by atoms with Crippen molar-refractivity contribution in [1.82, 2.24) is 9.80 Å². The molecule has 1 aromatic rings. The van der Waals surface area contributed by atoms with Crippen molar-refractivity contribution in [3.05, 3.63) is 48.9 Å². The monoisotopic (exact) mass is 328 g/mol. The van der Waals surface area contributed by atoms with Gasteiger partial charge in [-0.1, -0.05) is 0 Å². The van der Waals surface area contributed by atoms with E-state index in [1.54, 1.807) is 46.5 Å². The summed E-state index contributed by atoms with van der Waals surface area (Å²) in [7, 11) is -1.48. The van der Waals surface area contributed by atoms with Crippen molar-refractivity contribution < 1.29 is 25.6 Å². The number of ketones is 1. The third kappa shape index (κ3) is 5.20. The van der Waals surface area contributed by atoms with Crippen molar-refractivity contribution in [2.24, 2.45) is 0 Å². The molecule has 0 aromatic heterocycles. The molecule has 113 valence electrons. The minimum Gasteiger partial charge on any atom is -1.00 e. The van der Waals surface area contributed by atoms with Crippen molar-refractivity contribution in [3.8, 4) is 0 Å². The number of rotatable bonds is 5. The van der Waals surface area contributed by atoms with Gasteiger partial charge in [-0.05, 0) is 24.3 Å². The molecule has 0 unspecified atom stereocenters. The Morgan fingerprint density at radius 1 is 1.24 bits per heavy atom. The average Bonchev–Trinajstić information content (AvgIpc) is 2.73. The molecule has 0 spiro atoms. The predicted molar refractivity (Wildman–Crippen MR) is 76.1 cm³/mol. The molecule has 1 radical (unpaired) electrons. The number of hydrogen-bond acceptors (Lipinski definition) is 5. The zero-order valence-electron chi connectivity index (χ0n) is 11.6. The standard InChI is InChI=1S/C13H15N3O3S.ClH/c1-15-7-8-16(10-15)9-13(17)11-3-5-12(6-4-11)14-20(2,18)19;/h3-8,14H,9H2,1-2H3;1H/q+1;/p-1. The van der Waals surface area contributed by atoms with E-state index in [0.29, 0.717) is 11.3 Å². The third-order valence-electron chi connectivity index (χ3n) is 2.58. The van der Waals surface area contributed by atoms with Crippen LogP contribution in [0.3, 0.4) is 0 Å². The van der Waals surface area contributed by atoms with Crippen LogP contribution in [0.1, 0.15) is 10.4 Å². The summed E-state index contributed by atoms with van der Waals surface area (Å²) in [5.41, 5.74) is 0.955. The summed E-state index contributed by atoms with van der Waals surface area (Å²) in [6, 6.07) is 6.32. The van der Waals surface area contributed by atoms with E-state index in [4.69, 9.17) is 0 Å². The van der Waals surface area contributed by atoms with Gasteiger partial charge in [0.05, 0.1) is 25.7 Å². The summed E-state index contributed by atoms with van der Waals surface area (Å²) in [5, 5.41) is 0. The van der Waals surface area contributed by atoms with Crippen LogP contribution in [0.4, 0.5) is 5.69 Å². The van der Waals surface area contributed by atoms with Crippen LogP contribution in [0.25, 0.3) is 0 Å². The number of carbonyl (C=O) groups excluding carboxylic acids is 1. The second-order valence-corrected chi connectivity index (χ2v) is 6.26. The van der Waals surface area contributed by atoms with Gasteiger partial charge >= 0.3 is 6.67 Å².